The van der Waals surface area contributed by atoms with E-state index in [1.54, 1.807) is 0 Å². The Labute approximate surface area is 197 Å². The topological polar surface area (TPSA) is 0 Å². The fraction of sp³-hybridized carbons (Fsp3) is 1.00. The third-order valence-electron chi connectivity index (χ3n) is 7.69. The molecule has 0 N–H and O–H groups in total. The van der Waals surface area contributed by atoms with Gasteiger partial charge in [-0.3, -0.25) is 0 Å². The van der Waals surface area contributed by atoms with Crippen LogP contribution in [0.3, 0.4) is 0 Å². The Morgan fingerprint density at radius 3 is 0.483 bits per heavy atom. The first-order chi connectivity index (χ1) is 12.0. The predicted octanol–water partition coefficient (Wildman–Crippen LogP) is 10.8. The van der Waals surface area contributed by atoms with Crippen molar-refractivity contribution >= 4 is 43.1 Å². The van der Waals surface area contributed by atoms with E-state index < -0.39 is 20.9 Å². The molecular formula is C24H54Cl2Si3. The van der Waals surface area contributed by atoms with Gasteiger partial charge in [0.25, 0.3) is 0 Å². The lowest BCUT2D eigenvalue weighted by Crippen LogP contribution is -2.86. The second kappa shape index (κ2) is 7.64. The summed E-state index contributed by atoms with van der Waals surface area (Å²) >= 11 is 16.6. The highest BCUT2D eigenvalue weighted by Gasteiger charge is 2.82. The molecule has 0 unspecified atom stereocenters. The summed E-state index contributed by atoms with van der Waals surface area (Å²) in [7, 11) is -4.72. The SMILES string of the molecule is CC(C)(C)[Si](C(C)(C)C)(C(C)(C)C)[Si](Cl)(Cl)[Si](C(C)(C)C)(C(C)(C)C)C(C)(C)C. The van der Waals surface area contributed by atoms with Gasteiger partial charge >= 0.3 is 0 Å². The molecule has 0 rings (SSSR count). The van der Waals surface area contributed by atoms with E-state index in [0.29, 0.717) is 0 Å². The van der Waals surface area contributed by atoms with Crippen LogP contribution in [0.25, 0.3) is 0 Å². The highest BCUT2D eigenvalue weighted by molar-refractivity contribution is 7.97. The van der Waals surface area contributed by atoms with Gasteiger partial charge in [0.15, 0.2) is 0 Å². The Bertz CT molecular complexity index is 456. The molecule has 0 fully saturated rings. The number of hydrogen-bond donors (Lipinski definition) is 0. The van der Waals surface area contributed by atoms with Gasteiger partial charge in [-0.1, -0.05) is 125 Å². The first-order valence-electron chi connectivity index (χ1n) is 11.4. The van der Waals surface area contributed by atoms with E-state index in [-0.39, 0.29) is 30.2 Å². The maximum absolute atomic E-state index is 8.32. The molecule has 0 aliphatic carbocycles. The average Bonchev–Trinajstić information content (AvgIpc) is 2.12. The zero-order chi connectivity index (χ0) is 24.5. The van der Waals surface area contributed by atoms with Crippen molar-refractivity contribution in [2.75, 3.05) is 0 Å². The van der Waals surface area contributed by atoms with Crippen LogP contribution in [0.5, 0.6) is 0 Å². The molecule has 0 saturated heterocycles. The van der Waals surface area contributed by atoms with Crippen LogP contribution in [0.15, 0.2) is 0 Å². The van der Waals surface area contributed by atoms with Gasteiger partial charge in [0.1, 0.15) is 0 Å². The zero-order valence-electron chi connectivity index (χ0n) is 23.3. The van der Waals surface area contributed by atoms with Gasteiger partial charge in [-0.25, -0.2) is 0 Å². The molecule has 0 heterocycles. The fourth-order valence-corrected chi connectivity index (χ4v) is 104. The molecule has 0 aromatic rings. The molecule has 0 radical (unpaired) electrons. The van der Waals surface area contributed by atoms with Crippen LogP contribution in [-0.4, -0.2) is 20.9 Å². The Morgan fingerprint density at radius 2 is 0.414 bits per heavy atom. The van der Waals surface area contributed by atoms with Gasteiger partial charge in [0, 0.05) is 0 Å². The normalized spacial score (nSPS) is 17.0. The van der Waals surface area contributed by atoms with Crippen LogP contribution in [0.4, 0.5) is 0 Å². The molecule has 0 saturated carbocycles. The summed E-state index contributed by atoms with van der Waals surface area (Å²) in [4.78, 5) is 0. The standard InChI is InChI=1S/C24H54Cl2Si3/c1-19(2,3)27(20(4,5)6,21(7,8)9)29(25,26)28(22(10,11)12,23(13,14)15)24(16,17)18/h1-18H3. The molecule has 29 heavy (non-hydrogen) atoms. The van der Waals surface area contributed by atoms with Gasteiger partial charge in [0.2, 0.25) is 5.73 Å². The summed E-state index contributed by atoms with van der Waals surface area (Å²) in [5, 5.41) is 0.579. The van der Waals surface area contributed by atoms with E-state index in [1.807, 2.05) is 0 Å². The van der Waals surface area contributed by atoms with Crippen LogP contribution in [0.1, 0.15) is 125 Å². The van der Waals surface area contributed by atoms with E-state index in [0.717, 1.165) is 0 Å². The third-order valence-corrected chi connectivity index (χ3v) is 59.2. The molecule has 0 spiro atoms. The summed E-state index contributed by atoms with van der Waals surface area (Å²) in [6, 6.07) is 0. The number of hydrogen-bond acceptors (Lipinski definition) is 0. The quantitative estimate of drug-likeness (QED) is 0.263. The van der Waals surface area contributed by atoms with Crippen LogP contribution in [0.2, 0.25) is 30.2 Å². The van der Waals surface area contributed by atoms with Gasteiger partial charge in [-0.2, -0.15) is 22.2 Å². The van der Waals surface area contributed by atoms with E-state index >= 15 is 0 Å². The Balaban J connectivity index is 8.22. The first kappa shape index (κ1) is 30.2. The highest BCUT2D eigenvalue weighted by atomic mass is 35.7. The lowest BCUT2D eigenvalue weighted by molar-refractivity contribution is 0.543. The first-order valence-corrected chi connectivity index (χ1v) is 21.4. The lowest BCUT2D eigenvalue weighted by atomic mass is 10.2. The maximum Gasteiger partial charge on any atom is 0.231 e. The molecule has 5 heteroatoms. The minimum Gasteiger partial charge on any atom is -0.153 e. The van der Waals surface area contributed by atoms with Crippen LogP contribution in [-0.2, 0) is 0 Å². The molecule has 0 nitrogen and oxygen atoms in total. The molecule has 0 aliphatic heterocycles. The van der Waals surface area contributed by atoms with E-state index in [1.165, 1.54) is 0 Å². The Hall–Kier alpha value is 1.23. The van der Waals surface area contributed by atoms with E-state index in [2.05, 4.69) is 125 Å². The summed E-state index contributed by atoms with van der Waals surface area (Å²) in [5.41, 5.74) is -2.85. The van der Waals surface area contributed by atoms with Crippen LogP contribution < -0.4 is 0 Å². The van der Waals surface area contributed by atoms with Gasteiger partial charge < -0.3 is 0 Å². The summed E-state index contributed by atoms with van der Waals surface area (Å²) in [5.74, 6) is 0. The second-order valence-electron chi connectivity index (χ2n) is 15.6. The molecule has 0 atom stereocenters. The van der Waals surface area contributed by atoms with Crippen molar-refractivity contribution < 1.29 is 0 Å². The largest absolute Gasteiger partial charge is 0.231 e. The van der Waals surface area contributed by atoms with Gasteiger partial charge in [0.05, 0.1) is 15.2 Å². The molecular weight excluding hydrogens is 443 g/mol. The summed E-state index contributed by atoms with van der Waals surface area (Å²) < 4.78 is 0. The van der Waals surface area contributed by atoms with Crippen LogP contribution >= 0.6 is 22.2 Å². The van der Waals surface area contributed by atoms with Crippen molar-refractivity contribution in [3.05, 3.63) is 0 Å². The van der Waals surface area contributed by atoms with E-state index in [4.69, 9.17) is 22.2 Å². The molecule has 176 valence electrons. The zero-order valence-corrected chi connectivity index (χ0v) is 27.8. The summed E-state index contributed by atoms with van der Waals surface area (Å²) in [6.07, 6.45) is 0. The molecule has 0 aromatic carbocycles. The van der Waals surface area contributed by atoms with Crippen molar-refractivity contribution in [1.82, 2.24) is 0 Å². The lowest BCUT2D eigenvalue weighted by Gasteiger charge is -2.73. The van der Waals surface area contributed by atoms with Crippen LogP contribution in [0, 0.1) is 0 Å². The van der Waals surface area contributed by atoms with Crippen molar-refractivity contribution in [3.8, 4) is 0 Å². The molecule has 0 amide bonds. The van der Waals surface area contributed by atoms with E-state index in [9.17, 15) is 0 Å². The molecule has 0 bridgehead atoms. The predicted molar refractivity (Wildman–Crippen MR) is 147 cm³/mol. The highest BCUT2D eigenvalue weighted by Crippen LogP contribution is 2.76. The monoisotopic (exact) mass is 496 g/mol. The van der Waals surface area contributed by atoms with Gasteiger partial charge in [-0.05, 0) is 30.2 Å². The number of rotatable bonds is 2. The smallest absolute Gasteiger partial charge is 0.153 e. The summed E-state index contributed by atoms with van der Waals surface area (Å²) in [6.45, 7) is 44.2. The number of halogens is 2. The fourth-order valence-electron chi connectivity index (χ4n) is 9.86. The van der Waals surface area contributed by atoms with Crippen molar-refractivity contribution in [2.45, 2.75) is 155 Å². The molecule has 0 aliphatic rings. The average molecular weight is 498 g/mol. The van der Waals surface area contributed by atoms with Crippen molar-refractivity contribution in [2.24, 2.45) is 0 Å². The maximum atomic E-state index is 8.32. The van der Waals surface area contributed by atoms with Crippen molar-refractivity contribution in [3.63, 3.8) is 0 Å². The minimum absolute atomic E-state index is 0.0965. The Kier molecular flexibility index (Phi) is 7.96. The minimum atomic E-state index is -2.85. The van der Waals surface area contributed by atoms with Gasteiger partial charge in [-0.15, -0.1) is 0 Å². The second-order valence-corrected chi connectivity index (χ2v) is 47.0. The molecule has 0 aromatic heterocycles. The third kappa shape index (κ3) is 4.04. The van der Waals surface area contributed by atoms with Crippen molar-refractivity contribution in [1.29, 1.82) is 0 Å². The Morgan fingerprint density at radius 1 is 0.310 bits per heavy atom.